The number of hydrogen-bond acceptors (Lipinski definition) is 3. The Morgan fingerprint density at radius 2 is 2.10 bits per heavy atom. The van der Waals surface area contributed by atoms with E-state index in [1.54, 1.807) is 11.3 Å². The Morgan fingerprint density at radius 3 is 2.90 bits per heavy atom. The lowest BCUT2D eigenvalue weighted by Crippen LogP contribution is -2.36. The van der Waals surface area contributed by atoms with Crippen molar-refractivity contribution in [1.82, 2.24) is 9.88 Å². The highest BCUT2D eigenvalue weighted by atomic mass is 32.1. The van der Waals surface area contributed by atoms with Crippen molar-refractivity contribution in [3.63, 3.8) is 0 Å². The summed E-state index contributed by atoms with van der Waals surface area (Å²) >= 11 is 1.72. The van der Waals surface area contributed by atoms with Crippen molar-refractivity contribution in [1.29, 1.82) is 0 Å². The van der Waals surface area contributed by atoms with Crippen LogP contribution in [0.2, 0.25) is 0 Å². The van der Waals surface area contributed by atoms with Gasteiger partial charge in [-0.15, -0.1) is 11.3 Å². The van der Waals surface area contributed by atoms with Gasteiger partial charge in [0.1, 0.15) is 0 Å². The molecule has 1 aliphatic rings. The summed E-state index contributed by atoms with van der Waals surface area (Å²) in [6.45, 7) is 4.56. The summed E-state index contributed by atoms with van der Waals surface area (Å²) in [6.07, 6.45) is 6.00. The first kappa shape index (κ1) is 14.3. The van der Waals surface area contributed by atoms with Crippen molar-refractivity contribution >= 4 is 11.3 Å². The second-order valence-electron chi connectivity index (χ2n) is 5.56. The molecule has 1 atom stereocenters. The molecule has 1 aromatic heterocycles. The van der Waals surface area contributed by atoms with E-state index in [0.717, 1.165) is 17.1 Å². The molecule has 1 saturated heterocycles. The minimum atomic E-state index is 0.694. The Labute approximate surface area is 130 Å². The molecule has 2 aromatic rings. The molecule has 1 aromatic carbocycles. The molecule has 0 amide bonds. The molecule has 1 unspecified atom stereocenters. The van der Waals surface area contributed by atoms with E-state index in [1.165, 1.54) is 30.7 Å². The van der Waals surface area contributed by atoms with Crippen LogP contribution in [0.15, 0.2) is 36.5 Å². The number of benzene rings is 1. The van der Waals surface area contributed by atoms with Crippen molar-refractivity contribution in [2.45, 2.75) is 38.8 Å². The van der Waals surface area contributed by atoms with Gasteiger partial charge in [0.05, 0.1) is 0 Å². The smallest absolute Gasteiger partial charge is 0.167 e. The van der Waals surface area contributed by atoms with Gasteiger partial charge in [0, 0.05) is 29.2 Å². The number of hydrogen-bond donors (Lipinski definition) is 0. The highest BCUT2D eigenvalue weighted by Crippen LogP contribution is 2.21. The maximum atomic E-state index is 4.44. The molecule has 0 bridgehead atoms. The van der Waals surface area contributed by atoms with Crippen LogP contribution in [-0.2, 0) is 6.54 Å². The van der Waals surface area contributed by atoms with Crippen LogP contribution in [0.1, 0.15) is 41.6 Å². The lowest BCUT2D eigenvalue weighted by Gasteiger charge is -2.32. The normalized spacial score (nSPS) is 19.0. The third-order valence-electron chi connectivity index (χ3n) is 3.94. The molecule has 21 heavy (non-hydrogen) atoms. The van der Waals surface area contributed by atoms with Gasteiger partial charge in [-0.1, -0.05) is 30.5 Å². The number of likely N-dealkylation sites (tertiary alicyclic amines) is 1. The summed E-state index contributed by atoms with van der Waals surface area (Å²) in [5, 5.41) is 0.915. The minimum absolute atomic E-state index is 0.694. The van der Waals surface area contributed by atoms with Crippen molar-refractivity contribution in [3.05, 3.63) is 52.0 Å². The van der Waals surface area contributed by atoms with Crippen LogP contribution in [-0.4, -0.2) is 22.5 Å². The zero-order valence-electron chi connectivity index (χ0n) is 12.4. The Kier molecular flexibility index (Phi) is 4.69. The van der Waals surface area contributed by atoms with Gasteiger partial charge in [-0.3, -0.25) is 4.90 Å². The predicted octanol–water partition coefficient (Wildman–Crippen LogP) is 3.92. The number of rotatable bonds is 2. The molecule has 0 N–H and O–H groups in total. The van der Waals surface area contributed by atoms with Crippen LogP contribution < -0.4 is 0 Å². The molecule has 0 spiro atoms. The standard InChI is InChI=1S/C18H20N2S/c1-15-7-5-6-12-20(15)14-17-13-19-18(21-17)11-10-16-8-3-2-4-9-16/h2-4,8-9,13,15H,5-7,12,14H2,1H3. The van der Waals surface area contributed by atoms with Gasteiger partial charge in [-0.05, 0) is 44.4 Å². The van der Waals surface area contributed by atoms with Gasteiger partial charge in [-0.25, -0.2) is 4.98 Å². The average molecular weight is 296 g/mol. The maximum absolute atomic E-state index is 4.44. The summed E-state index contributed by atoms with van der Waals surface area (Å²) in [5.41, 5.74) is 1.04. The van der Waals surface area contributed by atoms with E-state index in [9.17, 15) is 0 Å². The Balaban J connectivity index is 1.65. The molecule has 1 fully saturated rings. The molecular weight excluding hydrogens is 276 g/mol. The third kappa shape index (κ3) is 3.93. The van der Waals surface area contributed by atoms with Crippen molar-refractivity contribution in [2.24, 2.45) is 0 Å². The van der Waals surface area contributed by atoms with E-state index in [1.807, 2.05) is 36.5 Å². The second kappa shape index (κ2) is 6.89. The van der Waals surface area contributed by atoms with Gasteiger partial charge in [-0.2, -0.15) is 0 Å². The lowest BCUT2D eigenvalue weighted by molar-refractivity contribution is 0.154. The fourth-order valence-corrected chi connectivity index (χ4v) is 3.47. The summed E-state index contributed by atoms with van der Waals surface area (Å²) < 4.78 is 0. The molecule has 3 rings (SSSR count). The number of nitrogens with zero attached hydrogens (tertiary/aromatic N) is 2. The molecular formula is C18H20N2S. The van der Waals surface area contributed by atoms with Crippen LogP contribution in [0.5, 0.6) is 0 Å². The molecule has 0 radical (unpaired) electrons. The average Bonchev–Trinajstić information content (AvgIpc) is 2.96. The second-order valence-corrected chi connectivity index (χ2v) is 6.68. The zero-order chi connectivity index (χ0) is 14.5. The Morgan fingerprint density at radius 1 is 1.24 bits per heavy atom. The summed E-state index contributed by atoms with van der Waals surface area (Å²) in [6, 6.07) is 10.8. The van der Waals surface area contributed by atoms with Gasteiger partial charge >= 0.3 is 0 Å². The van der Waals surface area contributed by atoms with Crippen molar-refractivity contribution in [2.75, 3.05) is 6.54 Å². The summed E-state index contributed by atoms with van der Waals surface area (Å²) in [7, 11) is 0. The highest BCUT2D eigenvalue weighted by Gasteiger charge is 2.18. The van der Waals surface area contributed by atoms with Crippen LogP contribution in [0.25, 0.3) is 0 Å². The van der Waals surface area contributed by atoms with E-state index in [4.69, 9.17) is 0 Å². The van der Waals surface area contributed by atoms with Gasteiger partial charge in [0.2, 0.25) is 0 Å². The first-order chi connectivity index (χ1) is 10.3. The van der Waals surface area contributed by atoms with Gasteiger partial charge < -0.3 is 0 Å². The first-order valence-electron chi connectivity index (χ1n) is 7.57. The quantitative estimate of drug-likeness (QED) is 0.781. The van der Waals surface area contributed by atoms with E-state index in [-0.39, 0.29) is 0 Å². The van der Waals surface area contributed by atoms with Gasteiger partial charge in [0.25, 0.3) is 0 Å². The summed E-state index contributed by atoms with van der Waals surface area (Å²) in [4.78, 5) is 8.32. The van der Waals surface area contributed by atoms with Crippen LogP contribution in [0, 0.1) is 11.8 Å². The highest BCUT2D eigenvalue weighted by molar-refractivity contribution is 7.12. The fraction of sp³-hybridized carbons (Fsp3) is 0.389. The molecule has 3 heteroatoms. The Bertz CT molecular complexity index is 636. The van der Waals surface area contributed by atoms with Crippen molar-refractivity contribution < 1.29 is 0 Å². The lowest BCUT2D eigenvalue weighted by atomic mass is 10.0. The van der Waals surface area contributed by atoms with E-state index in [0.29, 0.717) is 6.04 Å². The first-order valence-corrected chi connectivity index (χ1v) is 8.39. The third-order valence-corrected chi connectivity index (χ3v) is 4.84. The Hall–Kier alpha value is -1.63. The summed E-state index contributed by atoms with van der Waals surface area (Å²) in [5.74, 6) is 6.34. The van der Waals surface area contributed by atoms with Gasteiger partial charge in [0.15, 0.2) is 5.01 Å². The van der Waals surface area contributed by atoms with Crippen LogP contribution in [0.4, 0.5) is 0 Å². The molecule has 2 heterocycles. The van der Waals surface area contributed by atoms with Crippen LogP contribution >= 0.6 is 11.3 Å². The molecule has 108 valence electrons. The van der Waals surface area contributed by atoms with E-state index in [2.05, 4.69) is 28.6 Å². The van der Waals surface area contributed by atoms with E-state index < -0.39 is 0 Å². The fourth-order valence-electron chi connectivity index (χ4n) is 2.68. The number of aromatic nitrogens is 1. The number of thiazole rings is 1. The molecule has 1 aliphatic heterocycles. The SMILES string of the molecule is CC1CCCCN1Cc1cnc(C#Cc2ccccc2)s1. The largest absolute Gasteiger partial charge is 0.296 e. The maximum Gasteiger partial charge on any atom is 0.167 e. The zero-order valence-corrected chi connectivity index (χ0v) is 13.2. The topological polar surface area (TPSA) is 16.1 Å². The van der Waals surface area contributed by atoms with E-state index >= 15 is 0 Å². The monoisotopic (exact) mass is 296 g/mol. The molecule has 0 saturated carbocycles. The predicted molar refractivity (Wildman–Crippen MR) is 88.3 cm³/mol. The molecule has 0 aliphatic carbocycles. The van der Waals surface area contributed by atoms with Crippen LogP contribution in [0.3, 0.4) is 0 Å². The minimum Gasteiger partial charge on any atom is -0.296 e. The number of piperidine rings is 1. The van der Waals surface area contributed by atoms with Crippen molar-refractivity contribution in [3.8, 4) is 11.8 Å². The molecule has 2 nitrogen and oxygen atoms in total.